The van der Waals surface area contributed by atoms with Crippen molar-refractivity contribution in [2.24, 2.45) is 5.92 Å². The summed E-state index contributed by atoms with van der Waals surface area (Å²) in [5.41, 5.74) is 4.31. The average Bonchev–Trinajstić information content (AvgIpc) is 2.22. The van der Waals surface area contributed by atoms with E-state index in [2.05, 4.69) is 44.3 Å². The van der Waals surface area contributed by atoms with E-state index in [0.717, 1.165) is 12.5 Å². The molecule has 2 rings (SSSR count). The van der Waals surface area contributed by atoms with Gasteiger partial charge in [-0.05, 0) is 43.9 Å². The maximum atomic E-state index is 3.66. The van der Waals surface area contributed by atoms with Crippen molar-refractivity contribution in [2.75, 3.05) is 6.54 Å². The molecule has 1 fully saturated rings. The van der Waals surface area contributed by atoms with Crippen LogP contribution in [0.5, 0.6) is 0 Å². The van der Waals surface area contributed by atoms with Crippen LogP contribution in [0.3, 0.4) is 0 Å². The molecule has 1 aromatic rings. The molecule has 0 spiro atoms. The van der Waals surface area contributed by atoms with Crippen LogP contribution in [0.2, 0.25) is 0 Å². The second kappa shape index (κ2) is 5.68. The molecular weight excluding hydrogens is 206 g/mol. The molecule has 94 valence electrons. The van der Waals surface area contributed by atoms with Gasteiger partial charge in [-0.1, -0.05) is 49.9 Å². The van der Waals surface area contributed by atoms with Crippen LogP contribution < -0.4 is 5.32 Å². The van der Waals surface area contributed by atoms with Crippen molar-refractivity contribution in [3.05, 3.63) is 34.9 Å². The molecule has 1 aromatic carbocycles. The predicted octanol–water partition coefficient (Wildman–Crippen LogP) is 4.14. The molecule has 0 bridgehead atoms. The van der Waals surface area contributed by atoms with Crippen LogP contribution in [0.15, 0.2) is 18.2 Å². The van der Waals surface area contributed by atoms with Crippen molar-refractivity contribution in [3.63, 3.8) is 0 Å². The summed E-state index contributed by atoms with van der Waals surface area (Å²) in [6.07, 6.45) is 5.63. The lowest BCUT2D eigenvalue weighted by molar-refractivity contribution is 0.262. The predicted molar refractivity (Wildman–Crippen MR) is 74.3 cm³/mol. The summed E-state index contributed by atoms with van der Waals surface area (Å²) in [7, 11) is 0. The van der Waals surface area contributed by atoms with Crippen LogP contribution in [0.4, 0.5) is 0 Å². The molecule has 1 heteroatoms. The van der Waals surface area contributed by atoms with E-state index in [1.807, 2.05) is 0 Å². The number of nitrogens with one attached hydrogen (secondary N) is 1. The molecule has 0 saturated heterocycles. The van der Waals surface area contributed by atoms with Gasteiger partial charge in [-0.2, -0.15) is 0 Å². The Labute approximate surface area is 106 Å². The molecule has 1 N–H and O–H groups in total. The summed E-state index contributed by atoms with van der Waals surface area (Å²) in [6.45, 7) is 7.68. The SMILES string of the molecule is CCNC(CC1CCC1)c1ccc(C)cc1C. The van der Waals surface area contributed by atoms with Crippen molar-refractivity contribution in [2.45, 2.75) is 52.5 Å². The highest BCUT2D eigenvalue weighted by atomic mass is 14.9. The van der Waals surface area contributed by atoms with Crippen LogP contribution in [-0.4, -0.2) is 6.54 Å². The monoisotopic (exact) mass is 231 g/mol. The van der Waals surface area contributed by atoms with Gasteiger partial charge in [0.1, 0.15) is 0 Å². The van der Waals surface area contributed by atoms with E-state index >= 15 is 0 Å². The van der Waals surface area contributed by atoms with Crippen LogP contribution in [0.1, 0.15) is 55.3 Å². The first kappa shape index (κ1) is 12.6. The van der Waals surface area contributed by atoms with E-state index in [1.165, 1.54) is 42.4 Å². The highest BCUT2D eigenvalue weighted by Crippen LogP contribution is 2.35. The summed E-state index contributed by atoms with van der Waals surface area (Å²) >= 11 is 0. The first-order chi connectivity index (χ1) is 8.20. The summed E-state index contributed by atoms with van der Waals surface area (Å²) in [4.78, 5) is 0. The van der Waals surface area contributed by atoms with Crippen LogP contribution in [0.25, 0.3) is 0 Å². The van der Waals surface area contributed by atoms with Gasteiger partial charge in [0.25, 0.3) is 0 Å². The third-order valence-electron chi connectivity index (χ3n) is 4.05. The number of benzene rings is 1. The van der Waals surface area contributed by atoms with E-state index < -0.39 is 0 Å². The lowest BCUT2D eigenvalue weighted by atomic mass is 9.79. The standard InChI is InChI=1S/C16H25N/c1-4-17-16(11-14-6-5-7-14)15-9-8-12(2)10-13(15)3/h8-10,14,16-17H,4-7,11H2,1-3H3. The van der Waals surface area contributed by atoms with Crippen LogP contribution >= 0.6 is 0 Å². The lowest BCUT2D eigenvalue weighted by Gasteiger charge is -2.31. The zero-order valence-corrected chi connectivity index (χ0v) is 11.4. The highest BCUT2D eigenvalue weighted by Gasteiger charge is 2.23. The smallest absolute Gasteiger partial charge is 0.0325 e. The molecule has 1 unspecified atom stereocenters. The Kier molecular flexibility index (Phi) is 4.22. The van der Waals surface area contributed by atoms with Gasteiger partial charge in [0, 0.05) is 6.04 Å². The third kappa shape index (κ3) is 3.10. The van der Waals surface area contributed by atoms with Gasteiger partial charge in [-0.15, -0.1) is 0 Å². The first-order valence-electron chi connectivity index (χ1n) is 7.01. The average molecular weight is 231 g/mol. The van der Waals surface area contributed by atoms with Gasteiger partial charge in [0.15, 0.2) is 0 Å². The molecule has 1 aliphatic rings. The van der Waals surface area contributed by atoms with Gasteiger partial charge in [0.2, 0.25) is 0 Å². The van der Waals surface area contributed by atoms with Gasteiger partial charge >= 0.3 is 0 Å². The minimum Gasteiger partial charge on any atom is -0.310 e. The second-order valence-corrected chi connectivity index (χ2v) is 5.50. The van der Waals surface area contributed by atoms with Gasteiger partial charge in [-0.25, -0.2) is 0 Å². The molecule has 0 aromatic heterocycles. The highest BCUT2D eigenvalue weighted by molar-refractivity contribution is 5.32. The largest absolute Gasteiger partial charge is 0.310 e. The molecule has 1 nitrogen and oxygen atoms in total. The Balaban J connectivity index is 2.12. The van der Waals surface area contributed by atoms with Crippen molar-refractivity contribution in [1.29, 1.82) is 0 Å². The van der Waals surface area contributed by atoms with Crippen molar-refractivity contribution < 1.29 is 0 Å². The Morgan fingerprint density at radius 3 is 2.59 bits per heavy atom. The molecule has 0 radical (unpaired) electrons. The van der Waals surface area contributed by atoms with E-state index in [1.54, 1.807) is 0 Å². The van der Waals surface area contributed by atoms with E-state index in [0.29, 0.717) is 6.04 Å². The van der Waals surface area contributed by atoms with Gasteiger partial charge in [-0.3, -0.25) is 0 Å². The Morgan fingerprint density at radius 2 is 2.06 bits per heavy atom. The van der Waals surface area contributed by atoms with Gasteiger partial charge in [0.05, 0.1) is 0 Å². The summed E-state index contributed by atoms with van der Waals surface area (Å²) in [5.74, 6) is 0.958. The van der Waals surface area contributed by atoms with Crippen molar-refractivity contribution >= 4 is 0 Å². The zero-order valence-electron chi connectivity index (χ0n) is 11.4. The van der Waals surface area contributed by atoms with E-state index in [9.17, 15) is 0 Å². The fourth-order valence-corrected chi connectivity index (χ4v) is 2.85. The van der Waals surface area contributed by atoms with Crippen molar-refractivity contribution in [1.82, 2.24) is 5.32 Å². The molecule has 17 heavy (non-hydrogen) atoms. The molecule has 1 atom stereocenters. The third-order valence-corrected chi connectivity index (χ3v) is 4.05. The summed E-state index contributed by atoms with van der Waals surface area (Å²) in [6, 6.07) is 7.43. The Morgan fingerprint density at radius 1 is 1.29 bits per heavy atom. The lowest BCUT2D eigenvalue weighted by Crippen LogP contribution is -2.26. The quantitative estimate of drug-likeness (QED) is 0.803. The normalized spacial score (nSPS) is 17.8. The first-order valence-corrected chi connectivity index (χ1v) is 7.01. The maximum Gasteiger partial charge on any atom is 0.0325 e. The van der Waals surface area contributed by atoms with Gasteiger partial charge < -0.3 is 5.32 Å². The number of aryl methyl sites for hydroxylation is 2. The van der Waals surface area contributed by atoms with Crippen LogP contribution in [-0.2, 0) is 0 Å². The fraction of sp³-hybridized carbons (Fsp3) is 0.625. The minimum absolute atomic E-state index is 0.561. The van der Waals surface area contributed by atoms with E-state index in [4.69, 9.17) is 0 Å². The molecular formula is C16H25N. The molecule has 1 aliphatic carbocycles. The Bertz CT molecular complexity index is 366. The second-order valence-electron chi connectivity index (χ2n) is 5.50. The molecule has 0 aliphatic heterocycles. The number of rotatable bonds is 5. The Hall–Kier alpha value is -0.820. The molecule has 0 amide bonds. The zero-order chi connectivity index (χ0) is 12.3. The molecule has 1 saturated carbocycles. The van der Waals surface area contributed by atoms with Crippen molar-refractivity contribution in [3.8, 4) is 0 Å². The van der Waals surface area contributed by atoms with E-state index in [-0.39, 0.29) is 0 Å². The fourth-order valence-electron chi connectivity index (χ4n) is 2.85. The number of hydrogen-bond donors (Lipinski definition) is 1. The molecule has 0 heterocycles. The minimum atomic E-state index is 0.561. The maximum absolute atomic E-state index is 3.66. The topological polar surface area (TPSA) is 12.0 Å². The van der Waals surface area contributed by atoms with Crippen LogP contribution in [0, 0.1) is 19.8 Å². The number of hydrogen-bond acceptors (Lipinski definition) is 1. The summed E-state index contributed by atoms with van der Waals surface area (Å²) < 4.78 is 0. The summed E-state index contributed by atoms with van der Waals surface area (Å²) in [5, 5.41) is 3.66.